The summed E-state index contributed by atoms with van der Waals surface area (Å²) in [7, 11) is 0. The predicted octanol–water partition coefficient (Wildman–Crippen LogP) is 5.31. The van der Waals surface area contributed by atoms with Gasteiger partial charge in [-0.05, 0) is 71.5 Å². The van der Waals surface area contributed by atoms with Crippen LogP contribution in [0.5, 0.6) is 0 Å². The van der Waals surface area contributed by atoms with Crippen LogP contribution in [-0.2, 0) is 0 Å². The van der Waals surface area contributed by atoms with Crippen molar-refractivity contribution in [1.82, 2.24) is 5.32 Å². The molecule has 1 nitrogen and oxygen atoms in total. The van der Waals surface area contributed by atoms with Gasteiger partial charge in [0.2, 0.25) is 0 Å². The maximum absolute atomic E-state index is 14.1. The van der Waals surface area contributed by atoms with Crippen molar-refractivity contribution in [3.63, 3.8) is 0 Å². The molecule has 0 saturated carbocycles. The van der Waals surface area contributed by atoms with Gasteiger partial charge >= 0.3 is 0 Å². The van der Waals surface area contributed by atoms with Crippen LogP contribution >= 0.6 is 34.2 Å². The summed E-state index contributed by atoms with van der Waals surface area (Å²) in [4.78, 5) is 0. The Hall–Kier alpha value is -0.720. The molecule has 1 unspecified atom stereocenters. The Morgan fingerprint density at radius 1 is 1.19 bits per heavy atom. The summed E-state index contributed by atoms with van der Waals surface area (Å²) < 4.78 is 29.2. The highest BCUT2D eigenvalue weighted by Gasteiger charge is 2.23. The number of nitrogens with one attached hydrogen (secondary N) is 1. The summed E-state index contributed by atoms with van der Waals surface area (Å²) in [6, 6.07) is 8.72. The van der Waals surface area contributed by atoms with E-state index in [4.69, 9.17) is 11.6 Å². The third kappa shape index (κ3) is 3.93. The number of rotatable bonds is 5. The Kier molecular flexibility index (Phi) is 5.96. The van der Waals surface area contributed by atoms with Gasteiger partial charge in [0.15, 0.2) is 0 Å². The SMILES string of the molecule is CCCNC(c1cc(Cl)ccc1I)c1c(F)cccc1F. The first-order valence-corrected chi connectivity index (χ1v) is 8.12. The van der Waals surface area contributed by atoms with Gasteiger partial charge in [-0.1, -0.05) is 24.6 Å². The van der Waals surface area contributed by atoms with Crippen molar-refractivity contribution in [2.24, 2.45) is 0 Å². The van der Waals surface area contributed by atoms with Crippen LogP contribution in [0.2, 0.25) is 5.02 Å². The lowest BCUT2D eigenvalue weighted by Gasteiger charge is -2.22. The first kappa shape index (κ1) is 16.6. The van der Waals surface area contributed by atoms with Gasteiger partial charge in [-0.15, -0.1) is 0 Å². The fraction of sp³-hybridized carbons (Fsp3) is 0.250. The van der Waals surface area contributed by atoms with Gasteiger partial charge in [0.25, 0.3) is 0 Å². The lowest BCUT2D eigenvalue weighted by atomic mass is 9.97. The first-order valence-electron chi connectivity index (χ1n) is 6.66. The molecule has 0 aromatic heterocycles. The second-order valence-electron chi connectivity index (χ2n) is 4.69. The molecule has 1 atom stereocenters. The molecule has 0 heterocycles. The van der Waals surface area contributed by atoms with E-state index in [-0.39, 0.29) is 5.56 Å². The van der Waals surface area contributed by atoms with Crippen molar-refractivity contribution >= 4 is 34.2 Å². The Balaban J connectivity index is 2.55. The molecule has 21 heavy (non-hydrogen) atoms. The van der Waals surface area contributed by atoms with Crippen LogP contribution in [0.15, 0.2) is 36.4 Å². The summed E-state index contributed by atoms with van der Waals surface area (Å²) >= 11 is 8.19. The number of hydrogen-bond acceptors (Lipinski definition) is 1. The van der Waals surface area contributed by atoms with E-state index >= 15 is 0 Å². The Bertz CT molecular complexity index is 613. The van der Waals surface area contributed by atoms with Gasteiger partial charge in [-0.25, -0.2) is 8.78 Å². The van der Waals surface area contributed by atoms with Crippen molar-refractivity contribution in [3.8, 4) is 0 Å². The van der Waals surface area contributed by atoms with Crippen molar-refractivity contribution in [2.75, 3.05) is 6.54 Å². The number of halogens is 4. The normalized spacial score (nSPS) is 12.4. The van der Waals surface area contributed by atoms with E-state index in [2.05, 4.69) is 27.9 Å². The molecule has 1 N–H and O–H groups in total. The Morgan fingerprint density at radius 3 is 2.48 bits per heavy atom. The number of benzene rings is 2. The molecule has 0 saturated heterocycles. The smallest absolute Gasteiger partial charge is 0.131 e. The van der Waals surface area contributed by atoms with E-state index in [1.54, 1.807) is 12.1 Å². The average Bonchev–Trinajstić information content (AvgIpc) is 2.45. The van der Waals surface area contributed by atoms with Crippen molar-refractivity contribution in [3.05, 3.63) is 67.8 Å². The van der Waals surface area contributed by atoms with Crippen LogP contribution in [0.3, 0.4) is 0 Å². The van der Waals surface area contributed by atoms with Gasteiger partial charge in [-0.2, -0.15) is 0 Å². The maximum atomic E-state index is 14.1. The Morgan fingerprint density at radius 2 is 1.86 bits per heavy atom. The maximum Gasteiger partial charge on any atom is 0.131 e. The molecule has 0 aliphatic heterocycles. The molecule has 0 bridgehead atoms. The minimum Gasteiger partial charge on any atom is -0.306 e. The van der Waals surface area contributed by atoms with Gasteiger partial charge in [0.05, 0.1) is 6.04 Å². The fourth-order valence-electron chi connectivity index (χ4n) is 2.18. The van der Waals surface area contributed by atoms with E-state index in [9.17, 15) is 8.78 Å². The molecular weight excluding hydrogens is 407 g/mol. The van der Waals surface area contributed by atoms with E-state index in [1.807, 2.05) is 13.0 Å². The molecule has 0 radical (unpaired) electrons. The van der Waals surface area contributed by atoms with Crippen molar-refractivity contribution in [1.29, 1.82) is 0 Å². The van der Waals surface area contributed by atoms with Crippen molar-refractivity contribution < 1.29 is 8.78 Å². The van der Waals surface area contributed by atoms with E-state index in [0.29, 0.717) is 11.6 Å². The molecule has 0 spiro atoms. The highest BCUT2D eigenvalue weighted by molar-refractivity contribution is 14.1. The van der Waals surface area contributed by atoms with E-state index in [1.165, 1.54) is 18.2 Å². The first-order chi connectivity index (χ1) is 10.0. The zero-order chi connectivity index (χ0) is 15.4. The zero-order valence-corrected chi connectivity index (χ0v) is 14.4. The van der Waals surface area contributed by atoms with Crippen LogP contribution in [-0.4, -0.2) is 6.54 Å². The quantitative estimate of drug-likeness (QED) is 0.645. The molecule has 0 aliphatic rings. The highest BCUT2D eigenvalue weighted by Crippen LogP contribution is 2.31. The van der Waals surface area contributed by atoms with Crippen molar-refractivity contribution in [2.45, 2.75) is 19.4 Å². The third-order valence-electron chi connectivity index (χ3n) is 3.16. The minimum absolute atomic E-state index is 0.0335. The molecule has 5 heteroatoms. The van der Waals surface area contributed by atoms with Crippen LogP contribution in [0.25, 0.3) is 0 Å². The molecule has 0 aliphatic carbocycles. The standard InChI is InChI=1S/C16H15ClF2IN/c1-2-8-21-16(11-9-10(17)6-7-14(11)20)15-12(18)4-3-5-13(15)19/h3-7,9,16,21H,2,8H2,1H3. The lowest BCUT2D eigenvalue weighted by Crippen LogP contribution is -2.26. The molecule has 2 rings (SSSR count). The predicted molar refractivity (Wildman–Crippen MR) is 90.7 cm³/mol. The lowest BCUT2D eigenvalue weighted by molar-refractivity contribution is 0.502. The van der Waals surface area contributed by atoms with E-state index in [0.717, 1.165) is 15.6 Å². The minimum atomic E-state index is -0.559. The summed E-state index contributed by atoms with van der Waals surface area (Å²) in [5, 5.41) is 3.75. The number of hydrogen-bond donors (Lipinski definition) is 1. The molecule has 0 amide bonds. The molecule has 2 aromatic rings. The third-order valence-corrected chi connectivity index (χ3v) is 4.37. The van der Waals surface area contributed by atoms with E-state index < -0.39 is 17.7 Å². The second kappa shape index (κ2) is 7.51. The molecular formula is C16H15ClF2IN. The summed E-state index contributed by atoms with van der Waals surface area (Å²) in [6.45, 7) is 2.66. The second-order valence-corrected chi connectivity index (χ2v) is 6.29. The molecule has 0 fully saturated rings. The van der Waals surface area contributed by atoms with Gasteiger partial charge in [-0.3, -0.25) is 0 Å². The summed E-state index contributed by atoms with van der Waals surface area (Å²) in [6.07, 6.45) is 0.865. The topological polar surface area (TPSA) is 12.0 Å². The molecule has 112 valence electrons. The van der Waals surface area contributed by atoms with Crippen LogP contribution in [0.4, 0.5) is 8.78 Å². The van der Waals surface area contributed by atoms with Gasteiger partial charge in [0, 0.05) is 14.2 Å². The van der Waals surface area contributed by atoms with Crippen LogP contribution in [0.1, 0.15) is 30.5 Å². The Labute approximate surface area is 141 Å². The zero-order valence-electron chi connectivity index (χ0n) is 11.5. The monoisotopic (exact) mass is 421 g/mol. The largest absolute Gasteiger partial charge is 0.306 e. The molecule has 2 aromatic carbocycles. The van der Waals surface area contributed by atoms with Crippen LogP contribution < -0.4 is 5.32 Å². The van der Waals surface area contributed by atoms with Crippen LogP contribution in [0, 0.1) is 15.2 Å². The van der Waals surface area contributed by atoms with Gasteiger partial charge in [0.1, 0.15) is 11.6 Å². The highest BCUT2D eigenvalue weighted by atomic mass is 127. The van der Waals surface area contributed by atoms with Gasteiger partial charge < -0.3 is 5.32 Å². The summed E-state index contributed by atoms with van der Waals surface area (Å²) in [5.74, 6) is -1.11. The summed E-state index contributed by atoms with van der Waals surface area (Å²) in [5.41, 5.74) is 0.812. The fourth-order valence-corrected chi connectivity index (χ4v) is 3.01. The average molecular weight is 422 g/mol.